The van der Waals surface area contributed by atoms with Gasteiger partial charge in [0, 0.05) is 29.7 Å². The first-order chi connectivity index (χ1) is 9.29. The number of ether oxygens (including phenoxy) is 2. The van der Waals surface area contributed by atoms with Gasteiger partial charge in [0.25, 0.3) is 0 Å². The maximum atomic E-state index is 6.05. The van der Waals surface area contributed by atoms with Crippen LogP contribution in [0.25, 0.3) is 0 Å². The molecule has 106 valence electrons. The topological polar surface area (TPSA) is 30.5 Å². The summed E-state index contributed by atoms with van der Waals surface area (Å²) in [6.45, 7) is 6.36. The Balaban J connectivity index is 1.92. The van der Waals surface area contributed by atoms with Crippen LogP contribution in [0, 0.1) is 5.92 Å². The predicted molar refractivity (Wildman–Crippen MR) is 77.9 cm³/mol. The van der Waals surface area contributed by atoms with E-state index in [-0.39, 0.29) is 0 Å². The minimum atomic E-state index is 0.520. The number of rotatable bonds is 7. The van der Waals surface area contributed by atoms with E-state index < -0.39 is 0 Å². The molecule has 1 N–H and O–H groups in total. The van der Waals surface area contributed by atoms with Crippen LogP contribution in [0.1, 0.15) is 25.3 Å². The molecule has 1 aliphatic heterocycles. The van der Waals surface area contributed by atoms with E-state index in [0.717, 1.165) is 62.1 Å². The first kappa shape index (κ1) is 14.6. The Morgan fingerprint density at radius 3 is 3.11 bits per heavy atom. The fourth-order valence-corrected chi connectivity index (χ4v) is 2.34. The van der Waals surface area contributed by atoms with Gasteiger partial charge in [-0.05, 0) is 37.6 Å². The number of hydrogen-bond acceptors (Lipinski definition) is 3. The monoisotopic (exact) mass is 283 g/mol. The second kappa shape index (κ2) is 7.73. The third-order valence-electron chi connectivity index (χ3n) is 3.26. The molecule has 0 spiro atoms. The maximum absolute atomic E-state index is 6.05. The van der Waals surface area contributed by atoms with Crippen LogP contribution in [0.3, 0.4) is 0 Å². The highest BCUT2D eigenvalue weighted by Crippen LogP contribution is 2.24. The third kappa shape index (κ3) is 4.68. The lowest BCUT2D eigenvalue weighted by atomic mass is 10.1. The third-order valence-corrected chi connectivity index (χ3v) is 3.50. The van der Waals surface area contributed by atoms with Crippen LogP contribution in [0.15, 0.2) is 18.2 Å². The van der Waals surface area contributed by atoms with Crippen LogP contribution in [0.2, 0.25) is 5.02 Å². The van der Waals surface area contributed by atoms with Gasteiger partial charge in [0.05, 0.1) is 13.2 Å². The van der Waals surface area contributed by atoms with E-state index in [2.05, 4.69) is 12.2 Å². The number of benzene rings is 1. The molecule has 1 aliphatic rings. The van der Waals surface area contributed by atoms with Crippen molar-refractivity contribution < 1.29 is 9.47 Å². The largest absolute Gasteiger partial charge is 0.493 e. The molecular weight excluding hydrogens is 262 g/mol. The van der Waals surface area contributed by atoms with E-state index >= 15 is 0 Å². The summed E-state index contributed by atoms with van der Waals surface area (Å²) in [6.07, 6.45) is 2.22. The molecule has 1 atom stereocenters. The van der Waals surface area contributed by atoms with Crippen LogP contribution in [0.5, 0.6) is 5.75 Å². The van der Waals surface area contributed by atoms with E-state index in [9.17, 15) is 0 Å². The average molecular weight is 284 g/mol. The van der Waals surface area contributed by atoms with Crippen LogP contribution in [0.4, 0.5) is 0 Å². The van der Waals surface area contributed by atoms with Crippen molar-refractivity contribution in [2.24, 2.45) is 5.92 Å². The van der Waals surface area contributed by atoms with Gasteiger partial charge in [-0.15, -0.1) is 0 Å². The molecule has 4 heteroatoms. The zero-order chi connectivity index (χ0) is 13.5. The molecule has 1 aromatic carbocycles. The fourth-order valence-electron chi connectivity index (χ4n) is 2.15. The lowest BCUT2D eigenvalue weighted by Crippen LogP contribution is -2.16. The van der Waals surface area contributed by atoms with Gasteiger partial charge in [-0.1, -0.05) is 18.5 Å². The molecule has 0 saturated carbocycles. The van der Waals surface area contributed by atoms with E-state index in [1.165, 1.54) is 0 Å². The van der Waals surface area contributed by atoms with Crippen molar-refractivity contribution in [1.29, 1.82) is 0 Å². The van der Waals surface area contributed by atoms with Gasteiger partial charge in [0.1, 0.15) is 5.75 Å². The Hall–Kier alpha value is -0.770. The molecule has 0 aliphatic carbocycles. The lowest BCUT2D eigenvalue weighted by molar-refractivity contribution is 0.166. The smallest absolute Gasteiger partial charge is 0.123 e. The molecule has 0 radical (unpaired) electrons. The van der Waals surface area contributed by atoms with Gasteiger partial charge in [0.2, 0.25) is 0 Å². The molecule has 1 aromatic rings. The second-order valence-corrected chi connectivity index (χ2v) is 5.41. The summed E-state index contributed by atoms with van der Waals surface area (Å²) in [5.41, 5.74) is 1.12. The Morgan fingerprint density at radius 2 is 2.37 bits per heavy atom. The maximum Gasteiger partial charge on any atom is 0.123 e. The van der Waals surface area contributed by atoms with Crippen LogP contribution < -0.4 is 10.1 Å². The van der Waals surface area contributed by atoms with Gasteiger partial charge < -0.3 is 14.8 Å². The molecule has 0 aromatic heterocycles. The fraction of sp³-hybridized carbons (Fsp3) is 0.600. The first-order valence-corrected chi connectivity index (χ1v) is 7.37. The summed E-state index contributed by atoms with van der Waals surface area (Å²) in [4.78, 5) is 0. The molecule has 0 amide bonds. The zero-order valence-electron chi connectivity index (χ0n) is 11.5. The minimum Gasteiger partial charge on any atom is -0.493 e. The standard InChI is InChI=1S/C15H22ClNO2/c1-2-6-17-9-13-8-14(16)3-4-15(13)19-11-12-5-7-18-10-12/h3-4,8,12,17H,2,5-7,9-11H2,1H3. The number of hydrogen-bond donors (Lipinski definition) is 1. The first-order valence-electron chi connectivity index (χ1n) is 6.99. The summed E-state index contributed by atoms with van der Waals surface area (Å²) < 4.78 is 11.3. The van der Waals surface area contributed by atoms with Gasteiger partial charge >= 0.3 is 0 Å². The quantitative estimate of drug-likeness (QED) is 0.779. The summed E-state index contributed by atoms with van der Waals surface area (Å²) in [5.74, 6) is 1.45. The summed E-state index contributed by atoms with van der Waals surface area (Å²) in [5, 5.41) is 4.14. The zero-order valence-corrected chi connectivity index (χ0v) is 12.2. The summed E-state index contributed by atoms with van der Waals surface area (Å²) in [7, 11) is 0. The summed E-state index contributed by atoms with van der Waals surface area (Å²) in [6, 6.07) is 5.82. The number of nitrogens with one attached hydrogen (secondary N) is 1. The van der Waals surface area contributed by atoms with E-state index in [4.69, 9.17) is 21.1 Å². The van der Waals surface area contributed by atoms with Crippen molar-refractivity contribution in [2.75, 3.05) is 26.4 Å². The van der Waals surface area contributed by atoms with Crippen LogP contribution in [-0.2, 0) is 11.3 Å². The lowest BCUT2D eigenvalue weighted by Gasteiger charge is -2.15. The van der Waals surface area contributed by atoms with E-state index in [1.807, 2.05) is 18.2 Å². The van der Waals surface area contributed by atoms with Crippen molar-refractivity contribution in [2.45, 2.75) is 26.3 Å². The van der Waals surface area contributed by atoms with E-state index in [0.29, 0.717) is 5.92 Å². The van der Waals surface area contributed by atoms with E-state index in [1.54, 1.807) is 0 Å². The number of halogens is 1. The molecule has 19 heavy (non-hydrogen) atoms. The molecule has 3 nitrogen and oxygen atoms in total. The van der Waals surface area contributed by atoms with Gasteiger partial charge in [-0.2, -0.15) is 0 Å². The Morgan fingerprint density at radius 1 is 1.47 bits per heavy atom. The van der Waals surface area contributed by atoms with Gasteiger partial charge in [0.15, 0.2) is 0 Å². The summed E-state index contributed by atoms with van der Waals surface area (Å²) >= 11 is 6.05. The molecule has 2 rings (SSSR count). The Bertz CT molecular complexity index is 392. The molecule has 1 saturated heterocycles. The normalized spacial score (nSPS) is 18.7. The second-order valence-electron chi connectivity index (χ2n) is 4.97. The highest BCUT2D eigenvalue weighted by Gasteiger charge is 2.16. The van der Waals surface area contributed by atoms with Crippen molar-refractivity contribution >= 4 is 11.6 Å². The Labute approximate surface area is 120 Å². The van der Waals surface area contributed by atoms with Crippen LogP contribution >= 0.6 is 11.6 Å². The predicted octanol–water partition coefficient (Wildman–Crippen LogP) is 3.25. The minimum absolute atomic E-state index is 0.520. The molecule has 1 heterocycles. The van der Waals surface area contributed by atoms with Crippen molar-refractivity contribution in [3.8, 4) is 5.75 Å². The molecule has 1 unspecified atom stereocenters. The van der Waals surface area contributed by atoms with Crippen molar-refractivity contribution in [3.63, 3.8) is 0 Å². The van der Waals surface area contributed by atoms with Crippen molar-refractivity contribution in [1.82, 2.24) is 5.32 Å². The van der Waals surface area contributed by atoms with Crippen LogP contribution in [-0.4, -0.2) is 26.4 Å². The SMILES string of the molecule is CCCNCc1cc(Cl)ccc1OCC1CCOC1. The average Bonchev–Trinajstić information content (AvgIpc) is 2.91. The molecule has 0 bridgehead atoms. The van der Waals surface area contributed by atoms with Crippen molar-refractivity contribution in [3.05, 3.63) is 28.8 Å². The van der Waals surface area contributed by atoms with Gasteiger partial charge in [-0.3, -0.25) is 0 Å². The van der Waals surface area contributed by atoms with Gasteiger partial charge in [-0.25, -0.2) is 0 Å². The molecular formula is C15H22ClNO2. The highest BCUT2D eigenvalue weighted by molar-refractivity contribution is 6.30. The molecule has 1 fully saturated rings. The highest BCUT2D eigenvalue weighted by atomic mass is 35.5. The Kier molecular flexibility index (Phi) is 5.95.